The summed E-state index contributed by atoms with van der Waals surface area (Å²) in [6.07, 6.45) is 16.4. The van der Waals surface area contributed by atoms with Gasteiger partial charge in [-0.25, -0.2) is 0 Å². The summed E-state index contributed by atoms with van der Waals surface area (Å²) in [5, 5.41) is 0. The molecule has 5 heteroatoms. The number of carbonyl (C=O) groups is 2. The molecule has 0 aromatic carbocycles. The van der Waals surface area contributed by atoms with E-state index >= 15 is 0 Å². The van der Waals surface area contributed by atoms with Crippen LogP contribution in [0.4, 0.5) is 0 Å². The summed E-state index contributed by atoms with van der Waals surface area (Å²) in [6.45, 7) is 12.0. The van der Waals surface area contributed by atoms with Crippen molar-refractivity contribution in [2.45, 2.75) is 142 Å². The number of hydrogen-bond acceptors (Lipinski definition) is 4. The first-order chi connectivity index (χ1) is 14.9. The van der Waals surface area contributed by atoms with Gasteiger partial charge in [0.1, 0.15) is 0 Å². The first-order valence-electron chi connectivity index (χ1n) is 13.2. The maximum absolute atomic E-state index is 12.9. The van der Waals surface area contributed by atoms with Crippen LogP contribution in [0.2, 0.25) is 24.7 Å². The quantitative estimate of drug-likeness (QED) is 0.0995. The molecule has 0 N–H and O–H groups in total. The highest BCUT2D eigenvalue weighted by Gasteiger charge is 2.39. The molecule has 4 nitrogen and oxygen atoms in total. The Balaban J connectivity index is 4.49. The predicted octanol–water partition coefficient (Wildman–Crippen LogP) is 8.06. The van der Waals surface area contributed by atoms with Crippen molar-refractivity contribution >= 4 is 20.0 Å². The van der Waals surface area contributed by atoms with E-state index in [9.17, 15) is 9.59 Å². The van der Waals surface area contributed by atoms with Gasteiger partial charge in [0.2, 0.25) is 0 Å². The lowest BCUT2D eigenvalue weighted by Crippen LogP contribution is -2.39. The molecular formula is C26H52O4Si. The topological polar surface area (TPSA) is 52.6 Å². The van der Waals surface area contributed by atoms with Crippen LogP contribution < -0.4 is 0 Å². The summed E-state index contributed by atoms with van der Waals surface area (Å²) in [6, 6.07) is 1.05. The van der Waals surface area contributed by atoms with Crippen LogP contribution in [-0.4, -0.2) is 33.2 Å². The number of unbranched alkanes of at least 4 members (excludes halogenated alkanes) is 11. The first kappa shape index (κ1) is 30.2. The zero-order valence-corrected chi connectivity index (χ0v) is 22.4. The molecule has 184 valence electrons. The van der Waals surface area contributed by atoms with Crippen LogP contribution in [0.1, 0.15) is 117 Å². The van der Waals surface area contributed by atoms with Crippen LogP contribution in [0.25, 0.3) is 0 Å². The molecule has 0 fully saturated rings. The average molecular weight is 457 g/mol. The van der Waals surface area contributed by atoms with Gasteiger partial charge in [-0.15, -0.1) is 0 Å². The molecule has 31 heavy (non-hydrogen) atoms. The lowest BCUT2D eigenvalue weighted by molar-refractivity contribution is -0.150. The fraction of sp³-hybridized carbons (Fsp3) is 0.923. The van der Waals surface area contributed by atoms with Crippen LogP contribution in [0, 0.1) is 0 Å². The Morgan fingerprint density at radius 1 is 0.645 bits per heavy atom. The molecule has 0 aliphatic carbocycles. The Bertz CT molecular complexity index is 451. The zero-order valence-electron chi connectivity index (χ0n) is 21.4. The van der Waals surface area contributed by atoms with Crippen molar-refractivity contribution in [2.24, 2.45) is 0 Å². The summed E-state index contributed by atoms with van der Waals surface area (Å²) in [7, 11) is -1.91. The van der Waals surface area contributed by atoms with Crippen molar-refractivity contribution in [3.63, 3.8) is 0 Å². The van der Waals surface area contributed by atoms with Crippen molar-refractivity contribution in [3.8, 4) is 0 Å². The Kier molecular flexibility index (Phi) is 19.3. The summed E-state index contributed by atoms with van der Waals surface area (Å²) in [5.41, 5.74) is -0.295. The Labute approximate surface area is 194 Å². The fourth-order valence-corrected chi connectivity index (χ4v) is 6.99. The van der Waals surface area contributed by atoms with Crippen LogP contribution in [0.3, 0.4) is 0 Å². The maximum Gasteiger partial charge on any atom is 0.306 e. The van der Waals surface area contributed by atoms with E-state index in [1.807, 2.05) is 0 Å². The molecule has 0 aliphatic rings. The van der Waals surface area contributed by atoms with E-state index in [0.717, 1.165) is 44.6 Å². The molecule has 0 rings (SSSR count). The molecule has 1 unspecified atom stereocenters. The van der Waals surface area contributed by atoms with Gasteiger partial charge in [0, 0.05) is 0 Å². The highest BCUT2D eigenvalue weighted by molar-refractivity contribution is 6.81. The molecule has 0 aromatic heterocycles. The van der Waals surface area contributed by atoms with Gasteiger partial charge in [0.05, 0.1) is 33.2 Å². The number of ether oxygens (including phenoxy) is 2. The number of esters is 2. The van der Waals surface area contributed by atoms with Gasteiger partial charge >= 0.3 is 11.9 Å². The second-order valence-corrected chi connectivity index (χ2v) is 14.9. The van der Waals surface area contributed by atoms with Gasteiger partial charge in [0.25, 0.3) is 0 Å². The second kappa shape index (κ2) is 19.8. The molecular weight excluding hydrogens is 404 g/mol. The smallest absolute Gasteiger partial charge is 0.306 e. The van der Waals surface area contributed by atoms with Crippen LogP contribution >= 0.6 is 0 Å². The van der Waals surface area contributed by atoms with E-state index in [0.29, 0.717) is 13.2 Å². The van der Waals surface area contributed by atoms with E-state index in [4.69, 9.17) is 9.47 Å². The third kappa shape index (κ3) is 16.4. The van der Waals surface area contributed by atoms with Gasteiger partial charge in [-0.2, -0.15) is 0 Å². The third-order valence-electron chi connectivity index (χ3n) is 6.28. The van der Waals surface area contributed by atoms with Crippen LogP contribution in [0.15, 0.2) is 0 Å². The third-order valence-corrected chi connectivity index (χ3v) is 10.2. The average Bonchev–Trinajstić information content (AvgIpc) is 2.74. The lowest BCUT2D eigenvalue weighted by atomic mass is 10.1. The van der Waals surface area contributed by atoms with Crippen LogP contribution in [-0.2, 0) is 19.1 Å². The lowest BCUT2D eigenvalue weighted by Gasteiger charge is -2.30. The molecule has 0 bridgehead atoms. The second-order valence-electron chi connectivity index (χ2n) is 9.77. The Morgan fingerprint density at radius 2 is 1.10 bits per heavy atom. The molecule has 0 amide bonds. The van der Waals surface area contributed by atoms with Gasteiger partial charge in [0.15, 0.2) is 0 Å². The van der Waals surface area contributed by atoms with Gasteiger partial charge in [-0.1, -0.05) is 117 Å². The Morgan fingerprint density at radius 3 is 1.61 bits per heavy atom. The standard InChI is InChI=1S/C26H52O4Si/c1-6-9-12-14-16-18-20-29-25(27)23-24(31(4,5)22-11-8-3)26(28)30-21-19-17-15-13-10-7-2/h24H,6-23H2,1-5H3. The SMILES string of the molecule is CCCCCCCCOC(=O)CC(C(=O)OCCCCCCCC)[Si](C)(C)CCCC. The number of hydrogen-bond donors (Lipinski definition) is 0. The molecule has 0 aliphatic heterocycles. The van der Waals surface area contributed by atoms with Gasteiger partial charge in [-0.3, -0.25) is 9.59 Å². The highest BCUT2D eigenvalue weighted by Crippen LogP contribution is 2.32. The van der Waals surface area contributed by atoms with E-state index in [1.165, 1.54) is 51.4 Å². The predicted molar refractivity (Wildman–Crippen MR) is 134 cm³/mol. The largest absolute Gasteiger partial charge is 0.466 e. The van der Waals surface area contributed by atoms with Crippen LogP contribution in [0.5, 0.6) is 0 Å². The molecule has 0 radical (unpaired) electrons. The monoisotopic (exact) mass is 456 g/mol. The van der Waals surface area contributed by atoms with E-state index in [2.05, 4.69) is 33.9 Å². The van der Waals surface area contributed by atoms with Crippen molar-refractivity contribution in [3.05, 3.63) is 0 Å². The highest BCUT2D eigenvalue weighted by atomic mass is 28.3. The molecule has 0 spiro atoms. The Hall–Kier alpha value is -0.843. The molecule has 0 saturated heterocycles. The van der Waals surface area contributed by atoms with Crippen molar-refractivity contribution in [2.75, 3.05) is 13.2 Å². The van der Waals surface area contributed by atoms with E-state index in [-0.39, 0.29) is 23.9 Å². The molecule has 1 atom stereocenters. The van der Waals surface area contributed by atoms with Gasteiger partial charge < -0.3 is 9.47 Å². The summed E-state index contributed by atoms with van der Waals surface area (Å²) in [5.74, 6) is -0.398. The molecule has 0 heterocycles. The first-order valence-corrected chi connectivity index (χ1v) is 16.5. The normalized spacial score (nSPS) is 12.5. The number of carbonyl (C=O) groups excluding carboxylic acids is 2. The van der Waals surface area contributed by atoms with E-state index in [1.54, 1.807) is 0 Å². The summed E-state index contributed by atoms with van der Waals surface area (Å²) < 4.78 is 11.1. The van der Waals surface area contributed by atoms with Crippen molar-refractivity contribution < 1.29 is 19.1 Å². The minimum Gasteiger partial charge on any atom is -0.466 e. The minimum absolute atomic E-state index is 0.169. The van der Waals surface area contributed by atoms with Gasteiger partial charge in [-0.05, 0) is 12.8 Å². The molecule has 0 aromatic rings. The summed E-state index contributed by atoms with van der Waals surface area (Å²) in [4.78, 5) is 25.4. The maximum atomic E-state index is 12.9. The number of rotatable bonds is 21. The van der Waals surface area contributed by atoms with Crippen molar-refractivity contribution in [1.29, 1.82) is 0 Å². The summed E-state index contributed by atoms with van der Waals surface area (Å²) >= 11 is 0. The van der Waals surface area contributed by atoms with Crippen molar-refractivity contribution in [1.82, 2.24) is 0 Å². The molecule has 0 saturated carbocycles. The fourth-order valence-electron chi connectivity index (χ4n) is 3.94. The van der Waals surface area contributed by atoms with E-state index < -0.39 is 8.07 Å². The minimum atomic E-state index is -1.91. The zero-order chi connectivity index (χ0) is 23.4.